The molecule has 3 heterocycles. The molecule has 128 valence electrons. The Morgan fingerprint density at radius 2 is 2.24 bits per heavy atom. The maximum atomic E-state index is 12.6. The first kappa shape index (κ1) is 15.6. The zero-order valence-corrected chi connectivity index (χ0v) is 14.1. The van der Waals surface area contributed by atoms with Crippen LogP contribution in [-0.4, -0.2) is 34.0 Å². The molecule has 1 aliphatic heterocycles. The van der Waals surface area contributed by atoms with E-state index in [0.717, 1.165) is 47.5 Å². The summed E-state index contributed by atoms with van der Waals surface area (Å²) in [5, 5.41) is 3.99. The first-order valence-corrected chi connectivity index (χ1v) is 8.51. The number of aryl methyl sites for hydroxylation is 1. The first-order chi connectivity index (χ1) is 12.2. The molecule has 1 aliphatic rings. The van der Waals surface area contributed by atoms with Gasteiger partial charge in [0.1, 0.15) is 17.7 Å². The molecule has 2 amide bonds. The number of benzene rings is 1. The molecule has 0 bridgehead atoms. The fourth-order valence-corrected chi connectivity index (χ4v) is 3.40. The predicted octanol–water partition coefficient (Wildman–Crippen LogP) is 3.94. The molecular formula is C19H20N4O2. The van der Waals surface area contributed by atoms with E-state index in [4.69, 9.17) is 4.42 Å². The number of carbonyl (C=O) groups excluding carboxylic acids is 1. The third-order valence-electron chi connectivity index (χ3n) is 4.62. The van der Waals surface area contributed by atoms with Gasteiger partial charge in [0, 0.05) is 42.0 Å². The van der Waals surface area contributed by atoms with Crippen molar-refractivity contribution in [2.75, 3.05) is 18.4 Å². The molecule has 2 aromatic heterocycles. The van der Waals surface area contributed by atoms with E-state index in [0.29, 0.717) is 6.54 Å². The van der Waals surface area contributed by atoms with Crippen LogP contribution < -0.4 is 5.32 Å². The van der Waals surface area contributed by atoms with Crippen molar-refractivity contribution in [2.45, 2.75) is 25.7 Å². The van der Waals surface area contributed by atoms with Crippen molar-refractivity contribution < 1.29 is 9.21 Å². The maximum absolute atomic E-state index is 12.6. The van der Waals surface area contributed by atoms with Crippen molar-refractivity contribution in [2.24, 2.45) is 0 Å². The van der Waals surface area contributed by atoms with Crippen LogP contribution in [0.25, 0.3) is 11.0 Å². The lowest BCUT2D eigenvalue weighted by atomic mass is 9.95. The highest BCUT2D eigenvalue weighted by Crippen LogP contribution is 2.26. The molecule has 4 rings (SSSR count). The Balaban J connectivity index is 1.46. The second-order valence-electron chi connectivity index (χ2n) is 6.46. The number of urea groups is 1. The summed E-state index contributed by atoms with van der Waals surface area (Å²) in [4.78, 5) is 22.8. The van der Waals surface area contributed by atoms with Crippen molar-refractivity contribution in [3.63, 3.8) is 0 Å². The number of furan rings is 1. The topological polar surface area (TPSA) is 71.3 Å². The van der Waals surface area contributed by atoms with Crippen LogP contribution in [0.15, 0.2) is 47.3 Å². The third-order valence-corrected chi connectivity index (χ3v) is 4.62. The number of carbonyl (C=O) groups is 1. The number of anilines is 1. The van der Waals surface area contributed by atoms with Gasteiger partial charge in [-0.05, 0) is 50.1 Å². The van der Waals surface area contributed by atoms with Crippen molar-refractivity contribution in [3.05, 3.63) is 54.3 Å². The second kappa shape index (κ2) is 6.55. The molecule has 0 radical (unpaired) electrons. The number of nitrogens with zero attached hydrogens (tertiary/aromatic N) is 3. The van der Waals surface area contributed by atoms with Gasteiger partial charge in [-0.25, -0.2) is 14.8 Å². The van der Waals surface area contributed by atoms with Crippen LogP contribution in [0.3, 0.4) is 0 Å². The lowest BCUT2D eigenvalue weighted by Crippen LogP contribution is -2.41. The Labute approximate surface area is 145 Å². The van der Waals surface area contributed by atoms with E-state index in [9.17, 15) is 4.79 Å². The number of amides is 2. The number of piperidine rings is 1. The summed E-state index contributed by atoms with van der Waals surface area (Å²) in [6.45, 7) is 3.36. The van der Waals surface area contributed by atoms with E-state index < -0.39 is 0 Å². The van der Waals surface area contributed by atoms with Gasteiger partial charge in [-0.3, -0.25) is 0 Å². The largest absolute Gasteiger partial charge is 0.461 e. The molecule has 1 saturated heterocycles. The molecule has 0 spiro atoms. The average molecular weight is 336 g/mol. The van der Waals surface area contributed by atoms with Crippen LogP contribution in [0.5, 0.6) is 0 Å². The number of hydrogen-bond acceptors (Lipinski definition) is 4. The monoisotopic (exact) mass is 336 g/mol. The maximum Gasteiger partial charge on any atom is 0.321 e. The van der Waals surface area contributed by atoms with Crippen molar-refractivity contribution in [1.82, 2.24) is 14.9 Å². The molecule has 6 nitrogen and oxygen atoms in total. The summed E-state index contributed by atoms with van der Waals surface area (Å²) in [7, 11) is 0. The quantitative estimate of drug-likeness (QED) is 0.769. The van der Waals surface area contributed by atoms with Crippen LogP contribution >= 0.6 is 0 Å². The normalized spacial score (nSPS) is 17.6. The van der Waals surface area contributed by atoms with Crippen LogP contribution in [0.1, 0.15) is 30.2 Å². The summed E-state index contributed by atoms with van der Waals surface area (Å²) in [5.41, 5.74) is 2.61. The van der Waals surface area contributed by atoms with Gasteiger partial charge in [0.25, 0.3) is 0 Å². The molecule has 0 aliphatic carbocycles. The van der Waals surface area contributed by atoms with Crippen molar-refractivity contribution >= 4 is 22.7 Å². The molecule has 1 unspecified atom stereocenters. The highest BCUT2D eigenvalue weighted by molar-refractivity contribution is 5.92. The van der Waals surface area contributed by atoms with Gasteiger partial charge < -0.3 is 14.6 Å². The summed E-state index contributed by atoms with van der Waals surface area (Å²) in [6.07, 6.45) is 5.34. The Morgan fingerprint density at radius 3 is 3.08 bits per heavy atom. The van der Waals surface area contributed by atoms with Crippen LogP contribution in [0.2, 0.25) is 0 Å². The smallest absolute Gasteiger partial charge is 0.321 e. The fraction of sp³-hybridized carbons (Fsp3) is 0.316. The number of nitrogens with one attached hydrogen (secondary N) is 1. The second-order valence-corrected chi connectivity index (χ2v) is 6.46. The minimum Gasteiger partial charge on any atom is -0.461 e. The van der Waals surface area contributed by atoms with Crippen LogP contribution in [-0.2, 0) is 0 Å². The minimum atomic E-state index is -0.0710. The molecule has 6 heteroatoms. The van der Waals surface area contributed by atoms with E-state index in [-0.39, 0.29) is 11.9 Å². The van der Waals surface area contributed by atoms with Gasteiger partial charge in [0.15, 0.2) is 0 Å². The highest BCUT2D eigenvalue weighted by atomic mass is 16.3. The van der Waals surface area contributed by atoms with Gasteiger partial charge >= 0.3 is 6.03 Å². The highest BCUT2D eigenvalue weighted by Gasteiger charge is 2.25. The molecule has 1 aromatic carbocycles. The number of hydrogen-bond donors (Lipinski definition) is 1. The summed E-state index contributed by atoms with van der Waals surface area (Å²) >= 11 is 0. The zero-order chi connectivity index (χ0) is 17.2. The minimum absolute atomic E-state index is 0.0710. The van der Waals surface area contributed by atoms with E-state index in [2.05, 4.69) is 15.3 Å². The van der Waals surface area contributed by atoms with Gasteiger partial charge in [0.2, 0.25) is 0 Å². The van der Waals surface area contributed by atoms with Gasteiger partial charge in [-0.1, -0.05) is 0 Å². The van der Waals surface area contributed by atoms with Crippen molar-refractivity contribution in [3.8, 4) is 0 Å². The van der Waals surface area contributed by atoms with Crippen molar-refractivity contribution in [1.29, 1.82) is 0 Å². The molecule has 1 N–H and O–H groups in total. The molecule has 1 atom stereocenters. The standard InChI is InChI=1S/C19H20N4O2/c1-13-9-15-10-16(4-5-18(15)25-13)22-19(24)23-8-2-3-14(11-23)17-6-7-20-12-21-17/h4-7,9-10,12,14H,2-3,8,11H2,1H3,(H,22,24). The van der Waals surface area contributed by atoms with E-state index in [1.807, 2.05) is 42.2 Å². The summed E-state index contributed by atoms with van der Waals surface area (Å²) in [5.74, 6) is 1.13. The SMILES string of the molecule is Cc1cc2cc(NC(=O)N3CCCC(c4ccncn4)C3)ccc2o1. The number of aromatic nitrogens is 2. The first-order valence-electron chi connectivity index (χ1n) is 8.51. The van der Waals surface area contributed by atoms with Gasteiger partial charge in [-0.2, -0.15) is 0 Å². The lowest BCUT2D eigenvalue weighted by Gasteiger charge is -2.32. The molecule has 0 saturated carbocycles. The molecule has 1 fully saturated rings. The molecule has 25 heavy (non-hydrogen) atoms. The number of likely N-dealkylation sites (tertiary alicyclic amines) is 1. The van der Waals surface area contributed by atoms with E-state index in [1.54, 1.807) is 12.5 Å². The van der Waals surface area contributed by atoms with E-state index >= 15 is 0 Å². The van der Waals surface area contributed by atoms with Gasteiger partial charge in [0.05, 0.1) is 0 Å². The van der Waals surface area contributed by atoms with Gasteiger partial charge in [-0.15, -0.1) is 0 Å². The summed E-state index contributed by atoms with van der Waals surface area (Å²) in [6, 6.07) is 9.53. The molecular weight excluding hydrogens is 316 g/mol. The zero-order valence-electron chi connectivity index (χ0n) is 14.1. The predicted molar refractivity (Wildman–Crippen MR) is 95.5 cm³/mol. The average Bonchev–Trinajstić information content (AvgIpc) is 3.02. The molecule has 3 aromatic rings. The third kappa shape index (κ3) is 3.33. The Kier molecular flexibility index (Phi) is 4.09. The lowest BCUT2D eigenvalue weighted by molar-refractivity contribution is 0.192. The Hall–Kier alpha value is -2.89. The Morgan fingerprint density at radius 1 is 1.32 bits per heavy atom. The number of rotatable bonds is 2. The number of fused-ring (bicyclic) bond motifs is 1. The van der Waals surface area contributed by atoms with Crippen LogP contribution in [0, 0.1) is 6.92 Å². The van der Waals surface area contributed by atoms with E-state index in [1.165, 1.54) is 0 Å². The fourth-order valence-electron chi connectivity index (χ4n) is 3.40. The summed E-state index contributed by atoms with van der Waals surface area (Å²) < 4.78 is 5.57. The Bertz CT molecular complexity index is 891. The van der Waals surface area contributed by atoms with Crippen LogP contribution in [0.4, 0.5) is 10.5 Å².